The van der Waals surface area contributed by atoms with Crippen LogP contribution in [0.3, 0.4) is 0 Å². The summed E-state index contributed by atoms with van der Waals surface area (Å²) in [5.41, 5.74) is 7.06. The van der Waals surface area contributed by atoms with E-state index >= 15 is 0 Å². The molecule has 0 aliphatic heterocycles. The minimum Gasteiger partial charge on any atom is -0.396 e. The largest absolute Gasteiger partial charge is 0.396 e. The van der Waals surface area contributed by atoms with Gasteiger partial charge in [-0.2, -0.15) is 0 Å². The van der Waals surface area contributed by atoms with Crippen LogP contribution >= 0.6 is 0 Å². The van der Waals surface area contributed by atoms with Crippen LogP contribution < -0.4 is 11.1 Å². The van der Waals surface area contributed by atoms with Gasteiger partial charge in [0.2, 0.25) is 0 Å². The molecule has 4 N–H and O–H groups in total. The summed E-state index contributed by atoms with van der Waals surface area (Å²) in [6.07, 6.45) is 4.00. The zero-order valence-corrected chi connectivity index (χ0v) is 11.2. The van der Waals surface area contributed by atoms with E-state index < -0.39 is 0 Å². The molecule has 0 spiro atoms. The van der Waals surface area contributed by atoms with Crippen molar-refractivity contribution in [2.45, 2.75) is 39.5 Å². The van der Waals surface area contributed by atoms with Gasteiger partial charge >= 0.3 is 0 Å². The lowest BCUT2D eigenvalue weighted by molar-refractivity contribution is 0.253. The number of aliphatic hydroxyl groups is 1. The van der Waals surface area contributed by atoms with Crippen molar-refractivity contribution in [1.82, 2.24) is 9.97 Å². The van der Waals surface area contributed by atoms with Crippen molar-refractivity contribution >= 4 is 11.6 Å². The van der Waals surface area contributed by atoms with Crippen molar-refractivity contribution in [3.63, 3.8) is 0 Å². The Morgan fingerprint density at radius 3 is 2.67 bits per heavy atom. The summed E-state index contributed by atoms with van der Waals surface area (Å²) in [5.74, 6) is 2.16. The molecule has 1 aromatic rings. The van der Waals surface area contributed by atoms with E-state index in [-0.39, 0.29) is 12.0 Å². The van der Waals surface area contributed by atoms with Crippen molar-refractivity contribution < 1.29 is 5.11 Å². The third-order valence-electron chi connectivity index (χ3n) is 3.78. The Labute approximate surface area is 108 Å². The molecular formula is C13H22N4O. The van der Waals surface area contributed by atoms with E-state index in [0.717, 1.165) is 36.6 Å². The van der Waals surface area contributed by atoms with E-state index in [4.69, 9.17) is 10.8 Å². The number of nitrogens with one attached hydrogen (secondary N) is 1. The van der Waals surface area contributed by atoms with Crippen molar-refractivity contribution in [1.29, 1.82) is 0 Å². The maximum atomic E-state index is 9.05. The highest BCUT2D eigenvalue weighted by Gasteiger charge is 2.41. The molecule has 5 heteroatoms. The molecule has 1 aliphatic carbocycles. The van der Waals surface area contributed by atoms with Gasteiger partial charge in [-0.1, -0.05) is 6.92 Å². The second kappa shape index (κ2) is 5.10. The van der Waals surface area contributed by atoms with E-state index in [9.17, 15) is 0 Å². The molecule has 0 radical (unpaired) electrons. The first kappa shape index (κ1) is 13.1. The fraction of sp³-hybridized carbons (Fsp3) is 0.692. The van der Waals surface area contributed by atoms with Crippen molar-refractivity contribution in [3.05, 3.63) is 11.4 Å². The van der Waals surface area contributed by atoms with Gasteiger partial charge in [-0.05, 0) is 31.6 Å². The van der Waals surface area contributed by atoms with Crippen LogP contribution in [0, 0.1) is 12.3 Å². The average Bonchev–Trinajstić information content (AvgIpc) is 3.11. The first-order valence-electron chi connectivity index (χ1n) is 6.58. The van der Waals surface area contributed by atoms with Crippen molar-refractivity contribution in [3.8, 4) is 0 Å². The smallest absolute Gasteiger partial charge is 0.134 e. The van der Waals surface area contributed by atoms with Gasteiger partial charge < -0.3 is 16.2 Å². The molecular weight excluding hydrogens is 228 g/mol. The minimum atomic E-state index is 0.257. The van der Waals surface area contributed by atoms with E-state index in [2.05, 4.69) is 15.3 Å². The van der Waals surface area contributed by atoms with Crippen LogP contribution in [-0.2, 0) is 6.42 Å². The number of nitrogens with two attached hydrogens (primary N) is 1. The zero-order chi connectivity index (χ0) is 13.2. The highest BCUT2D eigenvalue weighted by Crippen LogP contribution is 2.48. The number of nitrogen functional groups attached to an aromatic ring is 1. The van der Waals surface area contributed by atoms with Crippen LogP contribution in [0.4, 0.5) is 11.6 Å². The normalized spacial score (nSPS) is 16.6. The lowest BCUT2D eigenvalue weighted by atomic mass is 10.0. The third-order valence-corrected chi connectivity index (χ3v) is 3.78. The summed E-state index contributed by atoms with van der Waals surface area (Å²) >= 11 is 0. The van der Waals surface area contributed by atoms with Gasteiger partial charge in [0.1, 0.15) is 17.5 Å². The Hall–Kier alpha value is -1.36. The number of rotatable bonds is 6. The quantitative estimate of drug-likeness (QED) is 0.712. The van der Waals surface area contributed by atoms with Crippen LogP contribution in [0.5, 0.6) is 0 Å². The first-order valence-corrected chi connectivity index (χ1v) is 6.58. The van der Waals surface area contributed by atoms with Crippen LogP contribution in [0.1, 0.15) is 37.6 Å². The number of hydrogen-bond acceptors (Lipinski definition) is 5. The summed E-state index contributed by atoms with van der Waals surface area (Å²) < 4.78 is 0. The van der Waals surface area contributed by atoms with Crippen LogP contribution in [0.15, 0.2) is 0 Å². The van der Waals surface area contributed by atoms with E-state index in [1.54, 1.807) is 0 Å². The predicted molar refractivity (Wildman–Crippen MR) is 72.4 cm³/mol. The summed E-state index contributed by atoms with van der Waals surface area (Å²) in [6.45, 7) is 5.06. The number of hydrogen-bond donors (Lipinski definition) is 3. The fourth-order valence-electron chi connectivity index (χ4n) is 2.11. The molecule has 0 amide bonds. The van der Waals surface area contributed by atoms with Crippen LogP contribution in [0.25, 0.3) is 0 Å². The van der Waals surface area contributed by atoms with Crippen molar-refractivity contribution in [2.75, 3.05) is 24.2 Å². The van der Waals surface area contributed by atoms with Gasteiger partial charge in [-0.25, -0.2) is 9.97 Å². The Balaban J connectivity index is 2.07. The Bertz CT molecular complexity index is 429. The lowest BCUT2D eigenvalue weighted by Crippen LogP contribution is -2.19. The average molecular weight is 250 g/mol. The van der Waals surface area contributed by atoms with Gasteiger partial charge in [0.05, 0.1) is 0 Å². The molecule has 0 atom stereocenters. The van der Waals surface area contributed by atoms with Gasteiger partial charge in [0, 0.05) is 25.1 Å². The number of anilines is 2. The molecule has 1 saturated carbocycles. The zero-order valence-electron chi connectivity index (χ0n) is 11.2. The standard InChI is InChI=1S/C13H22N4O/c1-3-10-16-11(14)9(2)12(17-10)15-8-13(4-5-13)6-7-18/h18H,3-8H2,1-2H3,(H3,14,15,16,17). The number of aliphatic hydroxyl groups excluding tert-OH is 1. The Morgan fingerprint density at radius 1 is 1.39 bits per heavy atom. The molecule has 2 rings (SSSR count). The highest BCUT2D eigenvalue weighted by molar-refractivity contribution is 5.55. The summed E-state index contributed by atoms with van der Waals surface area (Å²) in [6, 6.07) is 0. The second-order valence-corrected chi connectivity index (χ2v) is 5.18. The van der Waals surface area contributed by atoms with E-state index in [0.29, 0.717) is 5.82 Å². The molecule has 0 bridgehead atoms. The maximum Gasteiger partial charge on any atom is 0.134 e. The summed E-state index contributed by atoms with van der Waals surface area (Å²) in [5, 5.41) is 12.4. The Morgan fingerprint density at radius 2 is 2.11 bits per heavy atom. The lowest BCUT2D eigenvalue weighted by Gasteiger charge is -2.17. The van der Waals surface area contributed by atoms with Gasteiger partial charge in [0.15, 0.2) is 0 Å². The highest BCUT2D eigenvalue weighted by atomic mass is 16.3. The predicted octanol–water partition coefficient (Wildman–Crippen LogP) is 1.50. The SMILES string of the molecule is CCc1nc(N)c(C)c(NCC2(CCO)CC2)n1. The summed E-state index contributed by atoms with van der Waals surface area (Å²) in [7, 11) is 0. The van der Waals surface area contributed by atoms with Crippen LogP contribution in [-0.4, -0.2) is 28.2 Å². The second-order valence-electron chi connectivity index (χ2n) is 5.18. The summed E-state index contributed by atoms with van der Waals surface area (Å²) in [4.78, 5) is 8.71. The first-order chi connectivity index (χ1) is 8.60. The number of aromatic nitrogens is 2. The molecule has 1 heterocycles. The molecule has 0 unspecified atom stereocenters. The maximum absolute atomic E-state index is 9.05. The molecule has 100 valence electrons. The molecule has 1 aliphatic rings. The van der Waals surface area contributed by atoms with Crippen molar-refractivity contribution in [2.24, 2.45) is 5.41 Å². The van der Waals surface area contributed by atoms with Gasteiger partial charge in [-0.15, -0.1) is 0 Å². The topological polar surface area (TPSA) is 84.1 Å². The number of nitrogens with zero attached hydrogens (tertiary/aromatic N) is 2. The van der Waals surface area contributed by atoms with Gasteiger partial charge in [0.25, 0.3) is 0 Å². The molecule has 18 heavy (non-hydrogen) atoms. The fourth-order valence-corrected chi connectivity index (χ4v) is 2.11. The third kappa shape index (κ3) is 2.72. The molecule has 1 aromatic heterocycles. The number of aryl methyl sites for hydroxylation is 1. The molecule has 0 saturated heterocycles. The molecule has 0 aromatic carbocycles. The monoisotopic (exact) mass is 250 g/mol. The van der Waals surface area contributed by atoms with Crippen LogP contribution in [0.2, 0.25) is 0 Å². The van der Waals surface area contributed by atoms with E-state index in [1.165, 1.54) is 12.8 Å². The van der Waals surface area contributed by atoms with E-state index in [1.807, 2.05) is 13.8 Å². The minimum absolute atomic E-state index is 0.257. The molecule has 1 fully saturated rings. The molecule has 5 nitrogen and oxygen atoms in total. The van der Waals surface area contributed by atoms with Gasteiger partial charge in [-0.3, -0.25) is 0 Å². The Kier molecular flexibility index (Phi) is 3.71.